The average molecular weight is 320 g/mol. The summed E-state index contributed by atoms with van der Waals surface area (Å²) < 4.78 is 0. The molecule has 1 fully saturated rings. The van der Waals surface area contributed by atoms with E-state index in [0.29, 0.717) is 24.7 Å². The molecule has 23 heavy (non-hydrogen) atoms. The lowest BCUT2D eigenvalue weighted by atomic mass is 9.71. The van der Waals surface area contributed by atoms with Gasteiger partial charge in [-0.25, -0.2) is 0 Å². The second-order valence-electron chi connectivity index (χ2n) is 8.30. The van der Waals surface area contributed by atoms with E-state index >= 15 is 0 Å². The highest BCUT2D eigenvalue weighted by Gasteiger charge is 2.44. The summed E-state index contributed by atoms with van der Waals surface area (Å²) >= 11 is 0. The van der Waals surface area contributed by atoms with Crippen molar-refractivity contribution >= 4 is 5.97 Å². The Morgan fingerprint density at radius 2 is 1.83 bits per heavy atom. The van der Waals surface area contributed by atoms with Gasteiger partial charge < -0.3 is 10.2 Å². The summed E-state index contributed by atoms with van der Waals surface area (Å²) in [5, 5.41) is 20.1. The zero-order chi connectivity index (χ0) is 17.3. The third-order valence-corrected chi connectivity index (χ3v) is 6.19. The van der Waals surface area contributed by atoms with Gasteiger partial charge in [-0.2, -0.15) is 0 Å². The molecule has 0 aromatic carbocycles. The molecule has 2 rings (SSSR count). The first-order valence-electron chi connectivity index (χ1n) is 8.96. The predicted molar refractivity (Wildman–Crippen MR) is 93.1 cm³/mol. The summed E-state index contributed by atoms with van der Waals surface area (Å²) in [5.74, 6) is -0.0975. The Bertz CT molecular complexity index is 491. The summed E-state index contributed by atoms with van der Waals surface area (Å²) in [6.45, 7) is 10.4. The summed E-state index contributed by atoms with van der Waals surface area (Å²) in [4.78, 5) is 11.6. The van der Waals surface area contributed by atoms with E-state index in [4.69, 9.17) is 0 Å². The van der Waals surface area contributed by atoms with Crippen LogP contribution in [-0.4, -0.2) is 21.8 Å². The van der Waals surface area contributed by atoms with Crippen LogP contribution < -0.4 is 0 Å². The molecular weight excluding hydrogens is 288 g/mol. The SMILES string of the molecule is C=C(C)C1CCC2(C)/C=C\C(C)(O)CCCC(C(=O)O)CCC12. The minimum Gasteiger partial charge on any atom is -0.481 e. The van der Waals surface area contributed by atoms with Crippen molar-refractivity contribution in [1.82, 2.24) is 0 Å². The van der Waals surface area contributed by atoms with Crippen LogP contribution in [0.3, 0.4) is 0 Å². The molecule has 0 aliphatic heterocycles. The molecule has 0 amide bonds. The second-order valence-corrected chi connectivity index (χ2v) is 8.30. The number of allylic oxidation sites excluding steroid dienone is 2. The van der Waals surface area contributed by atoms with E-state index in [1.165, 1.54) is 5.57 Å². The number of aliphatic hydroxyl groups is 1. The summed E-state index contributed by atoms with van der Waals surface area (Å²) in [6, 6.07) is 0. The molecule has 0 radical (unpaired) electrons. The monoisotopic (exact) mass is 320 g/mol. The first-order valence-corrected chi connectivity index (χ1v) is 8.96. The van der Waals surface area contributed by atoms with Crippen molar-refractivity contribution in [2.75, 3.05) is 0 Å². The quantitative estimate of drug-likeness (QED) is 0.733. The molecule has 130 valence electrons. The lowest BCUT2D eigenvalue weighted by molar-refractivity contribution is -0.142. The number of hydrogen-bond acceptors (Lipinski definition) is 2. The van der Waals surface area contributed by atoms with Crippen LogP contribution in [0.15, 0.2) is 24.3 Å². The molecule has 0 aromatic rings. The van der Waals surface area contributed by atoms with Crippen LogP contribution in [0.4, 0.5) is 0 Å². The number of rotatable bonds is 2. The third-order valence-electron chi connectivity index (χ3n) is 6.19. The van der Waals surface area contributed by atoms with Gasteiger partial charge in [0.15, 0.2) is 0 Å². The molecule has 2 N–H and O–H groups in total. The summed E-state index contributed by atoms with van der Waals surface area (Å²) in [7, 11) is 0. The average Bonchev–Trinajstić information content (AvgIpc) is 2.77. The maximum Gasteiger partial charge on any atom is 0.306 e. The number of carbonyl (C=O) groups is 1. The van der Waals surface area contributed by atoms with Gasteiger partial charge in [-0.05, 0) is 76.0 Å². The molecule has 0 heterocycles. The van der Waals surface area contributed by atoms with Crippen molar-refractivity contribution in [3.63, 3.8) is 0 Å². The molecular formula is C20H32O3. The Morgan fingerprint density at radius 3 is 2.43 bits per heavy atom. The smallest absolute Gasteiger partial charge is 0.306 e. The standard InChI is InChI=1S/C20H32O3/c1-14(2)16-9-11-19(3)12-13-20(4,23)10-5-6-15(18(21)22)7-8-17(16)19/h12-13,15-17,23H,1,5-11H2,2-4H3,(H,21,22)/b13-12-. The van der Waals surface area contributed by atoms with Gasteiger partial charge >= 0.3 is 5.97 Å². The molecule has 0 aromatic heterocycles. The number of carboxylic acid groups (broad SMARTS) is 1. The van der Waals surface area contributed by atoms with Gasteiger partial charge in [0.2, 0.25) is 0 Å². The number of carboxylic acids is 1. The lowest BCUT2D eigenvalue weighted by Gasteiger charge is -2.33. The second kappa shape index (κ2) is 6.80. The van der Waals surface area contributed by atoms with Crippen LogP contribution in [0.25, 0.3) is 0 Å². The van der Waals surface area contributed by atoms with Crippen molar-refractivity contribution < 1.29 is 15.0 Å². The maximum atomic E-state index is 11.6. The van der Waals surface area contributed by atoms with Crippen LogP contribution >= 0.6 is 0 Å². The normalized spacial score (nSPS) is 43.2. The van der Waals surface area contributed by atoms with E-state index in [-0.39, 0.29) is 11.3 Å². The molecule has 5 atom stereocenters. The molecule has 2 aliphatic carbocycles. The molecule has 3 nitrogen and oxygen atoms in total. The van der Waals surface area contributed by atoms with E-state index in [9.17, 15) is 15.0 Å². The van der Waals surface area contributed by atoms with Crippen molar-refractivity contribution in [2.24, 2.45) is 23.2 Å². The Morgan fingerprint density at radius 1 is 1.13 bits per heavy atom. The number of fused-ring (bicyclic) bond motifs is 1. The van der Waals surface area contributed by atoms with Crippen molar-refractivity contribution in [3.05, 3.63) is 24.3 Å². The highest BCUT2D eigenvalue weighted by molar-refractivity contribution is 5.69. The Balaban J connectivity index is 2.32. The van der Waals surface area contributed by atoms with Gasteiger partial charge in [0.05, 0.1) is 11.5 Å². The fourth-order valence-electron chi connectivity index (χ4n) is 4.57. The Labute approximate surface area is 140 Å². The van der Waals surface area contributed by atoms with Crippen molar-refractivity contribution in [1.29, 1.82) is 0 Å². The van der Waals surface area contributed by atoms with Gasteiger partial charge in [-0.3, -0.25) is 4.79 Å². The third kappa shape index (κ3) is 4.26. The largest absolute Gasteiger partial charge is 0.481 e. The van der Waals surface area contributed by atoms with Gasteiger partial charge in [0, 0.05) is 0 Å². The van der Waals surface area contributed by atoms with E-state index in [2.05, 4.69) is 26.5 Å². The summed E-state index contributed by atoms with van der Waals surface area (Å²) in [5.41, 5.74) is 0.393. The van der Waals surface area contributed by atoms with Crippen LogP contribution in [0, 0.1) is 23.2 Å². The fraction of sp³-hybridized carbons (Fsp3) is 0.750. The van der Waals surface area contributed by atoms with E-state index in [0.717, 1.165) is 32.1 Å². The molecule has 3 heteroatoms. The lowest BCUT2D eigenvalue weighted by Crippen LogP contribution is -2.27. The number of aliphatic carboxylic acids is 1. The molecule has 5 unspecified atom stereocenters. The zero-order valence-electron chi connectivity index (χ0n) is 14.8. The van der Waals surface area contributed by atoms with Gasteiger partial charge in [0.1, 0.15) is 0 Å². The Kier molecular flexibility index (Phi) is 5.40. The van der Waals surface area contributed by atoms with Crippen LogP contribution in [0.1, 0.15) is 65.7 Å². The minimum atomic E-state index is -0.845. The first-order chi connectivity index (χ1) is 10.6. The van der Waals surface area contributed by atoms with Crippen molar-refractivity contribution in [2.45, 2.75) is 71.3 Å². The maximum absolute atomic E-state index is 11.6. The highest BCUT2D eigenvalue weighted by Crippen LogP contribution is 2.53. The van der Waals surface area contributed by atoms with E-state index < -0.39 is 11.6 Å². The molecule has 0 spiro atoms. The zero-order valence-corrected chi connectivity index (χ0v) is 14.8. The van der Waals surface area contributed by atoms with Crippen LogP contribution in [0.5, 0.6) is 0 Å². The first kappa shape index (κ1) is 18.3. The van der Waals surface area contributed by atoms with Crippen LogP contribution in [0.2, 0.25) is 0 Å². The Hall–Kier alpha value is -1.09. The minimum absolute atomic E-state index is 0.0288. The summed E-state index contributed by atoms with van der Waals surface area (Å²) in [6.07, 6.45) is 10.1. The molecule has 2 aliphatic rings. The fourth-order valence-corrected chi connectivity index (χ4v) is 4.57. The van der Waals surface area contributed by atoms with E-state index in [1.54, 1.807) is 0 Å². The van der Waals surface area contributed by atoms with E-state index in [1.807, 2.05) is 13.0 Å². The topological polar surface area (TPSA) is 57.5 Å². The van der Waals surface area contributed by atoms with Gasteiger partial charge in [-0.1, -0.05) is 31.2 Å². The van der Waals surface area contributed by atoms with Crippen molar-refractivity contribution in [3.8, 4) is 0 Å². The van der Waals surface area contributed by atoms with Gasteiger partial charge in [0.25, 0.3) is 0 Å². The molecule has 1 saturated carbocycles. The number of hydrogen-bond donors (Lipinski definition) is 2. The van der Waals surface area contributed by atoms with Gasteiger partial charge in [-0.15, -0.1) is 0 Å². The predicted octanol–water partition coefficient (Wildman–Crippen LogP) is 4.57. The molecule has 0 saturated heterocycles. The highest BCUT2D eigenvalue weighted by atomic mass is 16.4. The van der Waals surface area contributed by atoms with Crippen LogP contribution in [-0.2, 0) is 4.79 Å². The molecule has 0 bridgehead atoms.